The van der Waals surface area contributed by atoms with Gasteiger partial charge in [-0.15, -0.1) is 0 Å². The maximum absolute atomic E-state index is 11.2. The third-order valence-corrected chi connectivity index (χ3v) is 4.53. The van der Waals surface area contributed by atoms with Gasteiger partial charge in [-0.1, -0.05) is 6.07 Å². The maximum Gasteiger partial charge on any atom is 0.221 e. The molecule has 1 atom stereocenters. The Kier molecular flexibility index (Phi) is 3.76. The summed E-state index contributed by atoms with van der Waals surface area (Å²) in [4.78, 5) is 13.8. The monoisotopic (exact) mass is 273 g/mol. The van der Waals surface area contributed by atoms with Gasteiger partial charge in [-0.25, -0.2) is 0 Å². The number of hydrogen-bond donors (Lipinski definition) is 2. The van der Waals surface area contributed by atoms with E-state index in [1.807, 2.05) is 6.07 Å². The van der Waals surface area contributed by atoms with Crippen LogP contribution in [0, 0.1) is 0 Å². The van der Waals surface area contributed by atoms with Crippen molar-refractivity contribution in [2.75, 3.05) is 18.4 Å². The zero-order chi connectivity index (χ0) is 14.1. The number of nitrogens with one attached hydrogen (secondary N) is 1. The number of amides is 1. The third-order valence-electron chi connectivity index (χ3n) is 4.53. The molecule has 1 aliphatic carbocycles. The molecule has 1 unspecified atom stereocenters. The Balaban J connectivity index is 1.79. The minimum Gasteiger partial charge on any atom is -0.328 e. The van der Waals surface area contributed by atoms with Crippen LogP contribution < -0.4 is 11.1 Å². The van der Waals surface area contributed by atoms with Crippen LogP contribution in [0.1, 0.15) is 43.4 Å². The van der Waals surface area contributed by atoms with Crippen LogP contribution in [0.3, 0.4) is 0 Å². The zero-order valence-corrected chi connectivity index (χ0v) is 12.1. The van der Waals surface area contributed by atoms with E-state index in [0.29, 0.717) is 12.1 Å². The van der Waals surface area contributed by atoms with Crippen molar-refractivity contribution in [2.45, 2.75) is 44.7 Å². The van der Waals surface area contributed by atoms with E-state index in [1.54, 1.807) is 6.92 Å². The van der Waals surface area contributed by atoms with E-state index in [9.17, 15) is 4.79 Å². The number of nitrogens with two attached hydrogens (primary N) is 1. The Morgan fingerprint density at radius 3 is 2.75 bits per heavy atom. The second-order valence-corrected chi connectivity index (χ2v) is 6.02. The number of nitrogens with zero attached hydrogens (tertiary/aromatic N) is 1. The van der Waals surface area contributed by atoms with Gasteiger partial charge < -0.3 is 11.1 Å². The maximum atomic E-state index is 11.2. The van der Waals surface area contributed by atoms with Gasteiger partial charge in [-0.2, -0.15) is 0 Å². The molecule has 4 heteroatoms. The van der Waals surface area contributed by atoms with Gasteiger partial charge >= 0.3 is 0 Å². The fourth-order valence-corrected chi connectivity index (χ4v) is 3.47. The predicted octanol–water partition coefficient (Wildman–Crippen LogP) is 2.06. The number of carbonyl (C=O) groups is 1. The molecule has 1 amide bonds. The number of fused-ring (bicyclic) bond motifs is 1. The average molecular weight is 273 g/mol. The van der Waals surface area contributed by atoms with Crippen LogP contribution in [0.2, 0.25) is 0 Å². The summed E-state index contributed by atoms with van der Waals surface area (Å²) in [6, 6.07) is 7.21. The minimum absolute atomic E-state index is 0.0107. The first-order valence-corrected chi connectivity index (χ1v) is 7.53. The van der Waals surface area contributed by atoms with Crippen molar-refractivity contribution in [1.82, 2.24) is 4.90 Å². The van der Waals surface area contributed by atoms with Crippen LogP contribution in [0.25, 0.3) is 0 Å². The van der Waals surface area contributed by atoms with Crippen molar-refractivity contribution < 1.29 is 4.79 Å². The highest BCUT2D eigenvalue weighted by Gasteiger charge is 2.30. The van der Waals surface area contributed by atoms with Gasteiger partial charge in [0.25, 0.3) is 0 Å². The number of anilines is 1. The SMILES string of the molecule is CC(=O)Nc1ccc2c(c1)C(N1CCC(N)CC1)CC2. The number of benzene rings is 1. The molecule has 0 radical (unpaired) electrons. The Hall–Kier alpha value is -1.39. The molecule has 3 N–H and O–H groups in total. The summed E-state index contributed by atoms with van der Waals surface area (Å²) in [5.74, 6) is -0.0107. The van der Waals surface area contributed by atoms with Crippen LogP contribution in [-0.4, -0.2) is 29.9 Å². The molecule has 20 heavy (non-hydrogen) atoms. The molecule has 0 saturated carbocycles. The van der Waals surface area contributed by atoms with Gasteiger partial charge in [0.05, 0.1) is 0 Å². The minimum atomic E-state index is -0.0107. The predicted molar refractivity (Wildman–Crippen MR) is 80.6 cm³/mol. The fraction of sp³-hybridized carbons (Fsp3) is 0.562. The van der Waals surface area contributed by atoms with Crippen LogP contribution >= 0.6 is 0 Å². The lowest BCUT2D eigenvalue weighted by molar-refractivity contribution is -0.114. The summed E-state index contributed by atoms with van der Waals surface area (Å²) in [6.07, 6.45) is 4.52. The molecule has 2 aliphatic rings. The number of likely N-dealkylation sites (tertiary alicyclic amines) is 1. The van der Waals surface area contributed by atoms with Crippen molar-refractivity contribution in [2.24, 2.45) is 5.73 Å². The Morgan fingerprint density at radius 1 is 1.30 bits per heavy atom. The van der Waals surface area contributed by atoms with Crippen LogP contribution in [-0.2, 0) is 11.2 Å². The second kappa shape index (κ2) is 5.54. The molecule has 1 aliphatic heterocycles. The summed E-state index contributed by atoms with van der Waals surface area (Å²) < 4.78 is 0. The van der Waals surface area contributed by atoms with Gasteiger partial charge in [0.1, 0.15) is 0 Å². The van der Waals surface area contributed by atoms with Crippen LogP contribution in [0.5, 0.6) is 0 Å². The summed E-state index contributed by atoms with van der Waals surface area (Å²) in [6.45, 7) is 3.74. The number of piperidine rings is 1. The highest BCUT2D eigenvalue weighted by atomic mass is 16.1. The van der Waals surface area contributed by atoms with Gasteiger partial charge in [-0.3, -0.25) is 9.69 Å². The standard InChI is InChI=1S/C16H23N3O/c1-11(20)18-14-4-2-12-3-5-16(15(12)10-14)19-8-6-13(17)7-9-19/h2,4,10,13,16H,3,5-9,17H2,1H3,(H,18,20). The van der Waals surface area contributed by atoms with E-state index < -0.39 is 0 Å². The molecule has 1 saturated heterocycles. The number of carbonyl (C=O) groups excluding carboxylic acids is 1. The summed E-state index contributed by atoms with van der Waals surface area (Å²) in [5.41, 5.74) is 9.73. The first-order valence-electron chi connectivity index (χ1n) is 7.53. The van der Waals surface area contributed by atoms with E-state index in [4.69, 9.17) is 5.73 Å². The molecule has 1 fully saturated rings. The van der Waals surface area contributed by atoms with E-state index in [1.165, 1.54) is 17.5 Å². The highest BCUT2D eigenvalue weighted by molar-refractivity contribution is 5.88. The van der Waals surface area contributed by atoms with Crippen molar-refractivity contribution in [3.05, 3.63) is 29.3 Å². The van der Waals surface area contributed by atoms with E-state index in [0.717, 1.165) is 38.0 Å². The first kappa shape index (κ1) is 13.6. The molecule has 1 aromatic rings. The first-order chi connectivity index (χ1) is 9.63. The lowest BCUT2D eigenvalue weighted by Crippen LogP contribution is -2.41. The molecule has 1 heterocycles. The Morgan fingerprint density at radius 2 is 2.05 bits per heavy atom. The lowest BCUT2D eigenvalue weighted by atomic mass is 10.0. The van der Waals surface area contributed by atoms with Gasteiger partial charge in [-0.05, 0) is 48.9 Å². The van der Waals surface area contributed by atoms with Crippen LogP contribution in [0.15, 0.2) is 18.2 Å². The Bertz CT molecular complexity index is 506. The van der Waals surface area contributed by atoms with E-state index in [-0.39, 0.29) is 5.91 Å². The second-order valence-electron chi connectivity index (χ2n) is 6.02. The largest absolute Gasteiger partial charge is 0.328 e. The summed E-state index contributed by atoms with van der Waals surface area (Å²) in [7, 11) is 0. The third kappa shape index (κ3) is 2.72. The average Bonchev–Trinajstić information content (AvgIpc) is 2.82. The fourth-order valence-electron chi connectivity index (χ4n) is 3.47. The van der Waals surface area contributed by atoms with Crippen molar-refractivity contribution >= 4 is 11.6 Å². The molecule has 4 nitrogen and oxygen atoms in total. The molecule has 108 valence electrons. The quantitative estimate of drug-likeness (QED) is 0.867. The number of aryl methyl sites for hydroxylation is 1. The smallest absolute Gasteiger partial charge is 0.221 e. The Labute approximate surface area is 120 Å². The van der Waals surface area contributed by atoms with Crippen molar-refractivity contribution in [3.63, 3.8) is 0 Å². The molecule has 1 aromatic carbocycles. The van der Waals surface area contributed by atoms with Crippen molar-refractivity contribution in [3.8, 4) is 0 Å². The normalized spacial score (nSPS) is 23.6. The van der Waals surface area contributed by atoms with Crippen molar-refractivity contribution in [1.29, 1.82) is 0 Å². The molecular formula is C16H23N3O. The molecule has 0 bridgehead atoms. The van der Waals surface area contributed by atoms with E-state index >= 15 is 0 Å². The van der Waals surface area contributed by atoms with E-state index in [2.05, 4.69) is 22.3 Å². The molecule has 0 spiro atoms. The highest BCUT2D eigenvalue weighted by Crippen LogP contribution is 2.38. The topological polar surface area (TPSA) is 58.4 Å². The molecular weight excluding hydrogens is 250 g/mol. The summed E-state index contributed by atoms with van der Waals surface area (Å²) >= 11 is 0. The molecule has 3 rings (SSSR count). The van der Waals surface area contributed by atoms with Crippen LogP contribution in [0.4, 0.5) is 5.69 Å². The van der Waals surface area contributed by atoms with Gasteiger partial charge in [0.15, 0.2) is 0 Å². The number of rotatable bonds is 2. The molecule has 0 aromatic heterocycles. The number of hydrogen-bond acceptors (Lipinski definition) is 3. The zero-order valence-electron chi connectivity index (χ0n) is 12.1. The van der Waals surface area contributed by atoms with Gasteiger partial charge in [0, 0.05) is 37.8 Å². The summed E-state index contributed by atoms with van der Waals surface area (Å²) in [5, 5.41) is 2.89. The lowest BCUT2D eigenvalue weighted by Gasteiger charge is -2.35. The van der Waals surface area contributed by atoms with Gasteiger partial charge in [0.2, 0.25) is 5.91 Å².